The molecular formula is C4H9N3. The number of rotatable bonds is 0. The Labute approximate surface area is 42.3 Å². The molecule has 4 N–H and O–H groups in total. The van der Waals surface area contributed by atoms with E-state index < -0.39 is 0 Å². The van der Waals surface area contributed by atoms with Crippen LogP contribution in [0.15, 0.2) is 12.3 Å². The van der Waals surface area contributed by atoms with E-state index in [2.05, 4.69) is 10.2 Å². The molecule has 1 aromatic heterocycles. The van der Waals surface area contributed by atoms with Gasteiger partial charge in [-0.3, -0.25) is 5.10 Å². The minimum Gasteiger partial charge on any atom is -0.344 e. The molecule has 0 amide bonds. The summed E-state index contributed by atoms with van der Waals surface area (Å²) in [5, 5.41) is 6.45. The lowest BCUT2D eigenvalue weighted by Crippen LogP contribution is -1.65. The quantitative estimate of drug-likeness (QED) is 0.507. The number of nitrogens with zero attached hydrogens (tertiary/aromatic N) is 1. The lowest BCUT2D eigenvalue weighted by atomic mass is 10.5. The number of aromatic nitrogens is 2. The van der Waals surface area contributed by atoms with Crippen molar-refractivity contribution < 1.29 is 0 Å². The summed E-state index contributed by atoms with van der Waals surface area (Å²) in [6, 6.07) is 1.92. The third-order valence-electron chi connectivity index (χ3n) is 0.640. The average molecular weight is 99.1 g/mol. The van der Waals surface area contributed by atoms with Gasteiger partial charge in [-0.15, -0.1) is 0 Å². The van der Waals surface area contributed by atoms with E-state index in [0.717, 1.165) is 5.69 Å². The Morgan fingerprint density at radius 1 is 1.71 bits per heavy atom. The van der Waals surface area contributed by atoms with Crippen LogP contribution in [0.3, 0.4) is 0 Å². The summed E-state index contributed by atoms with van der Waals surface area (Å²) >= 11 is 0. The van der Waals surface area contributed by atoms with Gasteiger partial charge >= 0.3 is 0 Å². The number of H-pyrrole nitrogens is 1. The van der Waals surface area contributed by atoms with E-state index in [1.165, 1.54) is 0 Å². The summed E-state index contributed by atoms with van der Waals surface area (Å²) < 4.78 is 0. The Morgan fingerprint density at radius 3 is 2.57 bits per heavy atom. The second-order valence-electron chi connectivity index (χ2n) is 1.24. The predicted octanol–water partition coefficient (Wildman–Crippen LogP) is 0.880. The van der Waals surface area contributed by atoms with Crippen molar-refractivity contribution in [1.29, 1.82) is 0 Å². The van der Waals surface area contributed by atoms with Gasteiger partial charge in [0.2, 0.25) is 0 Å². The van der Waals surface area contributed by atoms with E-state index in [4.69, 9.17) is 0 Å². The van der Waals surface area contributed by atoms with Crippen molar-refractivity contribution in [2.45, 2.75) is 6.92 Å². The zero-order valence-corrected chi connectivity index (χ0v) is 4.31. The molecule has 7 heavy (non-hydrogen) atoms. The van der Waals surface area contributed by atoms with Crippen LogP contribution < -0.4 is 6.15 Å². The SMILES string of the molecule is Cc1ccn[nH]1.N. The molecule has 0 fully saturated rings. The smallest absolute Gasteiger partial charge is 0.0489 e. The molecule has 3 nitrogen and oxygen atoms in total. The first-order chi connectivity index (χ1) is 2.89. The first kappa shape index (κ1) is 6.17. The van der Waals surface area contributed by atoms with E-state index >= 15 is 0 Å². The zero-order valence-electron chi connectivity index (χ0n) is 4.31. The van der Waals surface area contributed by atoms with Crippen LogP contribution in [0.25, 0.3) is 0 Å². The summed E-state index contributed by atoms with van der Waals surface area (Å²) in [5.74, 6) is 0. The molecule has 0 bridgehead atoms. The summed E-state index contributed by atoms with van der Waals surface area (Å²) in [6.45, 7) is 1.97. The summed E-state index contributed by atoms with van der Waals surface area (Å²) in [6.07, 6.45) is 1.73. The van der Waals surface area contributed by atoms with Crippen LogP contribution in [0.4, 0.5) is 0 Å². The Morgan fingerprint density at radius 2 is 2.43 bits per heavy atom. The fraction of sp³-hybridized carbons (Fsp3) is 0.250. The van der Waals surface area contributed by atoms with Crippen molar-refractivity contribution in [3.63, 3.8) is 0 Å². The van der Waals surface area contributed by atoms with Crippen molar-refractivity contribution in [3.8, 4) is 0 Å². The van der Waals surface area contributed by atoms with E-state index in [9.17, 15) is 0 Å². The summed E-state index contributed by atoms with van der Waals surface area (Å²) in [7, 11) is 0. The topological polar surface area (TPSA) is 63.7 Å². The fourth-order valence-electron chi connectivity index (χ4n) is 0.325. The monoisotopic (exact) mass is 99.1 g/mol. The van der Waals surface area contributed by atoms with Gasteiger partial charge < -0.3 is 6.15 Å². The van der Waals surface area contributed by atoms with Gasteiger partial charge in [0.05, 0.1) is 0 Å². The zero-order chi connectivity index (χ0) is 4.41. The van der Waals surface area contributed by atoms with Gasteiger partial charge in [0, 0.05) is 11.9 Å². The van der Waals surface area contributed by atoms with Crippen molar-refractivity contribution in [2.24, 2.45) is 0 Å². The van der Waals surface area contributed by atoms with E-state index in [1.54, 1.807) is 6.20 Å². The molecule has 0 radical (unpaired) electrons. The Hall–Kier alpha value is -0.830. The van der Waals surface area contributed by atoms with Gasteiger partial charge in [0.15, 0.2) is 0 Å². The third-order valence-corrected chi connectivity index (χ3v) is 0.640. The lowest BCUT2D eigenvalue weighted by molar-refractivity contribution is 1.05. The highest BCUT2D eigenvalue weighted by molar-refractivity contribution is 4.91. The molecule has 1 aromatic rings. The second kappa shape index (κ2) is 2.36. The maximum Gasteiger partial charge on any atom is 0.0489 e. The van der Waals surface area contributed by atoms with Gasteiger partial charge in [-0.05, 0) is 13.0 Å². The van der Waals surface area contributed by atoms with Gasteiger partial charge in [0.25, 0.3) is 0 Å². The summed E-state index contributed by atoms with van der Waals surface area (Å²) in [4.78, 5) is 0. The predicted molar refractivity (Wildman–Crippen MR) is 28.3 cm³/mol. The van der Waals surface area contributed by atoms with Crippen molar-refractivity contribution in [1.82, 2.24) is 16.3 Å². The molecule has 3 heteroatoms. The van der Waals surface area contributed by atoms with Crippen LogP contribution >= 0.6 is 0 Å². The lowest BCUT2D eigenvalue weighted by Gasteiger charge is -1.68. The molecule has 0 saturated carbocycles. The van der Waals surface area contributed by atoms with Crippen LogP contribution in [0.1, 0.15) is 5.69 Å². The van der Waals surface area contributed by atoms with E-state index in [1.807, 2.05) is 13.0 Å². The minimum absolute atomic E-state index is 0. The number of aromatic amines is 1. The third kappa shape index (κ3) is 1.36. The number of hydrogen-bond acceptors (Lipinski definition) is 2. The molecule has 0 spiro atoms. The largest absolute Gasteiger partial charge is 0.344 e. The van der Waals surface area contributed by atoms with Crippen molar-refractivity contribution in [3.05, 3.63) is 18.0 Å². The minimum atomic E-state index is 0. The molecular weight excluding hydrogens is 90.1 g/mol. The molecule has 40 valence electrons. The maximum atomic E-state index is 3.70. The fourth-order valence-corrected chi connectivity index (χ4v) is 0.325. The highest BCUT2D eigenvalue weighted by atomic mass is 15.1. The van der Waals surface area contributed by atoms with E-state index in [-0.39, 0.29) is 6.15 Å². The first-order valence-electron chi connectivity index (χ1n) is 1.85. The van der Waals surface area contributed by atoms with Crippen LogP contribution in [0.2, 0.25) is 0 Å². The van der Waals surface area contributed by atoms with Crippen molar-refractivity contribution in [2.75, 3.05) is 0 Å². The van der Waals surface area contributed by atoms with Gasteiger partial charge in [-0.25, -0.2) is 0 Å². The van der Waals surface area contributed by atoms with Gasteiger partial charge in [0.1, 0.15) is 0 Å². The Kier molecular flexibility index (Phi) is 2.08. The molecule has 1 rings (SSSR count). The molecule has 0 aliphatic rings. The highest BCUT2D eigenvalue weighted by Crippen LogP contribution is 1.82. The van der Waals surface area contributed by atoms with Gasteiger partial charge in [-0.2, -0.15) is 5.10 Å². The molecule has 0 aliphatic heterocycles. The molecule has 0 atom stereocenters. The second-order valence-corrected chi connectivity index (χ2v) is 1.24. The van der Waals surface area contributed by atoms with Crippen LogP contribution in [0, 0.1) is 6.92 Å². The molecule has 0 saturated heterocycles. The van der Waals surface area contributed by atoms with E-state index in [0.29, 0.717) is 0 Å². The first-order valence-corrected chi connectivity index (χ1v) is 1.85. The average Bonchev–Trinajstić information content (AvgIpc) is 1.86. The van der Waals surface area contributed by atoms with Crippen LogP contribution in [-0.4, -0.2) is 10.2 Å². The Balaban J connectivity index is 0.000000360. The number of nitrogens with one attached hydrogen (secondary N) is 1. The number of hydrogen-bond donors (Lipinski definition) is 2. The molecule has 0 aromatic carbocycles. The molecule has 1 heterocycles. The molecule has 0 unspecified atom stereocenters. The maximum absolute atomic E-state index is 3.70. The van der Waals surface area contributed by atoms with Crippen molar-refractivity contribution >= 4 is 0 Å². The standard InChI is InChI=1S/C4H6N2.H3N/c1-4-2-3-5-6-4;/h2-3H,1H3,(H,5,6);1H3. The summed E-state index contributed by atoms with van der Waals surface area (Å²) in [5.41, 5.74) is 1.11. The normalized spacial score (nSPS) is 7.57. The molecule has 0 aliphatic carbocycles. The van der Waals surface area contributed by atoms with Crippen LogP contribution in [0.5, 0.6) is 0 Å². The highest BCUT2D eigenvalue weighted by Gasteiger charge is 1.73. The van der Waals surface area contributed by atoms with Gasteiger partial charge in [-0.1, -0.05) is 0 Å². The number of aryl methyl sites for hydroxylation is 1. The Bertz CT molecular complexity index is 110. The van der Waals surface area contributed by atoms with Crippen LogP contribution in [-0.2, 0) is 0 Å².